The normalized spacial score (nSPS) is 10.6. The number of carboxylic acids is 1. The molecule has 0 aromatic heterocycles. The summed E-state index contributed by atoms with van der Waals surface area (Å²) < 4.78 is 0. The minimum atomic E-state index is -1.06. The van der Waals surface area contributed by atoms with Gasteiger partial charge in [0.25, 0.3) is 0 Å². The van der Waals surface area contributed by atoms with E-state index in [0.717, 1.165) is 0 Å². The van der Waals surface area contributed by atoms with Crippen LogP contribution in [0, 0.1) is 11.3 Å². The molecular weight excluding hydrogens is 270 g/mol. The zero-order valence-electron chi connectivity index (χ0n) is 12.6. The Hall–Kier alpha value is -2.55. The number of benzene rings is 1. The number of hydrogen-bond acceptors (Lipinski definition) is 3. The minimum Gasteiger partial charge on any atom is -0.480 e. The van der Waals surface area contributed by atoms with Crippen molar-refractivity contribution in [3.63, 3.8) is 0 Å². The highest BCUT2D eigenvalue weighted by atomic mass is 16.4. The first kappa shape index (κ1) is 16.5. The fourth-order valence-corrected chi connectivity index (χ4v) is 1.78. The van der Waals surface area contributed by atoms with E-state index >= 15 is 0 Å². The van der Waals surface area contributed by atoms with Gasteiger partial charge in [0.15, 0.2) is 0 Å². The maximum absolute atomic E-state index is 12.5. The van der Waals surface area contributed by atoms with Crippen LogP contribution < -0.4 is 4.90 Å². The molecule has 0 spiro atoms. The molecule has 2 amide bonds. The van der Waals surface area contributed by atoms with E-state index in [4.69, 9.17) is 10.4 Å². The van der Waals surface area contributed by atoms with E-state index in [1.165, 1.54) is 9.80 Å². The first-order chi connectivity index (χ1) is 9.66. The van der Waals surface area contributed by atoms with Crippen LogP contribution in [-0.4, -0.2) is 41.1 Å². The van der Waals surface area contributed by atoms with Crippen molar-refractivity contribution < 1.29 is 14.7 Å². The van der Waals surface area contributed by atoms with Crippen molar-refractivity contribution in [1.82, 2.24) is 4.90 Å². The largest absolute Gasteiger partial charge is 0.480 e. The van der Waals surface area contributed by atoms with Crippen LogP contribution in [0.25, 0.3) is 0 Å². The second kappa shape index (κ2) is 6.27. The molecule has 6 nitrogen and oxygen atoms in total. The van der Waals surface area contributed by atoms with E-state index in [0.29, 0.717) is 11.3 Å². The summed E-state index contributed by atoms with van der Waals surface area (Å²) >= 11 is 0. The molecule has 1 rings (SSSR count). The van der Waals surface area contributed by atoms with Gasteiger partial charge in [-0.15, -0.1) is 0 Å². The van der Waals surface area contributed by atoms with Gasteiger partial charge in [0.1, 0.15) is 6.54 Å². The highest BCUT2D eigenvalue weighted by molar-refractivity contribution is 5.93. The molecule has 21 heavy (non-hydrogen) atoms. The van der Waals surface area contributed by atoms with Gasteiger partial charge in [-0.1, -0.05) is 0 Å². The molecule has 6 heteroatoms. The Balaban J connectivity index is 3.02. The molecule has 1 N–H and O–H groups in total. The number of carbonyl (C=O) groups excluding carboxylic acids is 1. The number of carboxylic acid groups (broad SMARTS) is 1. The lowest BCUT2D eigenvalue weighted by Gasteiger charge is -2.37. The van der Waals surface area contributed by atoms with E-state index in [1.54, 1.807) is 52.1 Å². The number of nitriles is 1. The summed E-state index contributed by atoms with van der Waals surface area (Å²) in [5.41, 5.74) is 0.479. The lowest BCUT2D eigenvalue weighted by molar-refractivity contribution is -0.138. The number of urea groups is 1. The van der Waals surface area contributed by atoms with Gasteiger partial charge in [-0.25, -0.2) is 4.79 Å². The fourth-order valence-electron chi connectivity index (χ4n) is 1.78. The van der Waals surface area contributed by atoms with Crippen LogP contribution in [-0.2, 0) is 4.79 Å². The van der Waals surface area contributed by atoms with Crippen molar-refractivity contribution in [2.45, 2.75) is 26.3 Å². The maximum Gasteiger partial charge on any atom is 0.325 e. The number of rotatable bonds is 3. The number of carbonyl (C=O) groups is 2. The number of hydrogen-bond donors (Lipinski definition) is 1. The van der Waals surface area contributed by atoms with Gasteiger partial charge in [0.2, 0.25) is 0 Å². The zero-order valence-corrected chi connectivity index (χ0v) is 12.6. The van der Waals surface area contributed by atoms with Crippen molar-refractivity contribution in [3.8, 4) is 6.07 Å². The Morgan fingerprint density at radius 2 is 1.76 bits per heavy atom. The quantitative estimate of drug-likeness (QED) is 0.925. The van der Waals surface area contributed by atoms with Crippen LogP contribution in [0.1, 0.15) is 26.3 Å². The van der Waals surface area contributed by atoms with Crippen molar-refractivity contribution in [2.24, 2.45) is 0 Å². The molecule has 0 aliphatic rings. The van der Waals surface area contributed by atoms with Gasteiger partial charge >= 0.3 is 12.0 Å². The number of nitrogens with zero attached hydrogens (tertiary/aromatic N) is 3. The Morgan fingerprint density at radius 1 is 1.24 bits per heavy atom. The van der Waals surface area contributed by atoms with Crippen molar-refractivity contribution in [3.05, 3.63) is 29.8 Å². The summed E-state index contributed by atoms with van der Waals surface area (Å²) in [6.45, 7) is 4.96. The molecule has 0 bridgehead atoms. The molecule has 1 aromatic rings. The Labute approximate surface area is 124 Å². The Kier molecular flexibility index (Phi) is 4.93. The van der Waals surface area contributed by atoms with E-state index in [2.05, 4.69) is 0 Å². The summed E-state index contributed by atoms with van der Waals surface area (Å²) in [4.78, 5) is 26.1. The molecule has 112 valence electrons. The Bertz CT molecular complexity index is 567. The molecule has 0 atom stereocenters. The van der Waals surface area contributed by atoms with Gasteiger partial charge in [-0.2, -0.15) is 5.26 Å². The summed E-state index contributed by atoms with van der Waals surface area (Å²) in [6, 6.07) is 8.12. The maximum atomic E-state index is 12.5. The molecule has 0 heterocycles. The van der Waals surface area contributed by atoms with Crippen LogP contribution in [0.5, 0.6) is 0 Å². The van der Waals surface area contributed by atoms with Crippen LogP contribution in [0.2, 0.25) is 0 Å². The minimum absolute atomic E-state index is 0.372. The Morgan fingerprint density at radius 3 is 2.14 bits per heavy atom. The summed E-state index contributed by atoms with van der Waals surface area (Å²) in [5, 5.41) is 17.7. The first-order valence-electron chi connectivity index (χ1n) is 6.44. The third-order valence-corrected chi connectivity index (χ3v) is 3.00. The molecule has 0 saturated heterocycles. The smallest absolute Gasteiger partial charge is 0.325 e. The predicted octanol–water partition coefficient (Wildman–Crippen LogP) is 2.30. The molecule has 0 aliphatic carbocycles. The summed E-state index contributed by atoms with van der Waals surface area (Å²) in [7, 11) is 1.57. The van der Waals surface area contributed by atoms with Gasteiger partial charge in [0, 0.05) is 18.3 Å². The lowest BCUT2D eigenvalue weighted by Crippen LogP contribution is -2.53. The van der Waals surface area contributed by atoms with Crippen LogP contribution in [0.3, 0.4) is 0 Å². The standard InChI is InChI=1S/C15H19N3O3/c1-15(2,3)18(10-13(19)20)14(21)17(4)12-7-5-11(9-16)6-8-12/h5-8H,10H2,1-4H3,(H,19,20). The number of aliphatic carboxylic acids is 1. The van der Waals surface area contributed by atoms with Gasteiger partial charge in [-0.3, -0.25) is 9.69 Å². The molecule has 0 radical (unpaired) electrons. The molecule has 0 fully saturated rings. The van der Waals surface area contributed by atoms with E-state index in [1.807, 2.05) is 6.07 Å². The topological polar surface area (TPSA) is 84.6 Å². The van der Waals surface area contributed by atoms with Crippen molar-refractivity contribution >= 4 is 17.7 Å². The molecule has 0 aliphatic heterocycles. The molecule has 0 unspecified atom stereocenters. The van der Waals surface area contributed by atoms with Gasteiger partial charge < -0.3 is 10.0 Å². The van der Waals surface area contributed by atoms with Gasteiger partial charge in [-0.05, 0) is 45.0 Å². The zero-order chi connectivity index (χ0) is 16.2. The molecular formula is C15H19N3O3. The number of amides is 2. The molecule has 0 saturated carbocycles. The second-order valence-electron chi connectivity index (χ2n) is 5.65. The second-order valence-corrected chi connectivity index (χ2v) is 5.65. The predicted molar refractivity (Wildman–Crippen MR) is 79.1 cm³/mol. The first-order valence-corrected chi connectivity index (χ1v) is 6.44. The third kappa shape index (κ3) is 4.21. The average molecular weight is 289 g/mol. The van der Waals surface area contributed by atoms with E-state index in [-0.39, 0.29) is 6.54 Å². The summed E-state index contributed by atoms with van der Waals surface area (Å²) in [6.07, 6.45) is 0. The van der Waals surface area contributed by atoms with Crippen LogP contribution in [0.4, 0.5) is 10.5 Å². The third-order valence-electron chi connectivity index (χ3n) is 3.00. The summed E-state index contributed by atoms with van der Waals surface area (Å²) in [5.74, 6) is -1.06. The van der Waals surface area contributed by atoms with Crippen LogP contribution >= 0.6 is 0 Å². The van der Waals surface area contributed by atoms with Crippen LogP contribution in [0.15, 0.2) is 24.3 Å². The highest BCUT2D eigenvalue weighted by Crippen LogP contribution is 2.20. The highest BCUT2D eigenvalue weighted by Gasteiger charge is 2.31. The van der Waals surface area contributed by atoms with Crippen molar-refractivity contribution in [1.29, 1.82) is 5.26 Å². The van der Waals surface area contributed by atoms with Crippen molar-refractivity contribution in [2.75, 3.05) is 18.5 Å². The molecule has 1 aromatic carbocycles. The van der Waals surface area contributed by atoms with E-state index < -0.39 is 17.5 Å². The monoisotopic (exact) mass is 289 g/mol. The fraction of sp³-hybridized carbons (Fsp3) is 0.400. The van der Waals surface area contributed by atoms with E-state index in [9.17, 15) is 9.59 Å². The van der Waals surface area contributed by atoms with Gasteiger partial charge in [0.05, 0.1) is 11.6 Å². The lowest BCUT2D eigenvalue weighted by atomic mass is 10.1. The average Bonchev–Trinajstić information content (AvgIpc) is 2.42. The number of anilines is 1. The SMILES string of the molecule is CN(C(=O)N(CC(=O)O)C(C)(C)C)c1ccc(C#N)cc1.